The van der Waals surface area contributed by atoms with Gasteiger partial charge in [-0.05, 0) is 24.4 Å². The van der Waals surface area contributed by atoms with Crippen LogP contribution in [0, 0.1) is 6.92 Å². The Balaban J connectivity index is 2.75. The van der Waals surface area contributed by atoms with E-state index < -0.39 is 29.9 Å². The molecule has 0 aliphatic rings. The lowest BCUT2D eigenvalue weighted by Crippen LogP contribution is -2.35. The summed E-state index contributed by atoms with van der Waals surface area (Å²) in [6.07, 6.45) is -4.64. The lowest BCUT2D eigenvalue weighted by molar-refractivity contribution is -0.141. The van der Waals surface area contributed by atoms with Gasteiger partial charge in [0, 0.05) is 5.39 Å². The Morgan fingerprint density at radius 3 is 2.59 bits per heavy atom. The molecule has 1 heterocycles. The van der Waals surface area contributed by atoms with Gasteiger partial charge < -0.3 is 0 Å². The number of benzene rings is 1. The van der Waals surface area contributed by atoms with Crippen LogP contribution in [-0.4, -0.2) is 23.8 Å². The average Bonchev–Trinajstić information content (AvgIpc) is 2.41. The van der Waals surface area contributed by atoms with Crippen molar-refractivity contribution in [1.82, 2.24) is 10.0 Å². The maximum Gasteiger partial charge on any atom is 0.406 e. The van der Waals surface area contributed by atoms with Gasteiger partial charge in [0.25, 0.3) is 11.5 Å². The van der Waals surface area contributed by atoms with Crippen LogP contribution >= 0.6 is 0 Å². The van der Waals surface area contributed by atoms with Crippen LogP contribution in [0.15, 0.2) is 29.1 Å². The number of hydrogen-bond donors (Lipinski definition) is 1. The van der Waals surface area contributed by atoms with Gasteiger partial charge in [-0.1, -0.05) is 17.7 Å². The molecule has 1 aromatic carbocycles. The molecule has 2 rings (SSSR count). The van der Waals surface area contributed by atoms with Crippen molar-refractivity contribution in [2.24, 2.45) is 0 Å². The quantitative estimate of drug-likeness (QED) is 0.883. The molecule has 0 bridgehead atoms. The topological polar surface area (TPSA) is 60.3 Å². The third kappa shape index (κ3) is 3.28. The Morgan fingerprint density at radius 1 is 1.32 bits per heavy atom. The van der Waals surface area contributed by atoms with Gasteiger partial charge in [0.05, 0.1) is 7.11 Å². The van der Waals surface area contributed by atoms with Gasteiger partial charge in [-0.25, -0.2) is 5.48 Å². The first kappa shape index (κ1) is 16.0. The van der Waals surface area contributed by atoms with Gasteiger partial charge in [0.1, 0.15) is 12.2 Å². The van der Waals surface area contributed by atoms with Gasteiger partial charge in [0.2, 0.25) is 0 Å². The number of nitrogens with zero attached hydrogens (tertiary/aromatic N) is 1. The van der Waals surface area contributed by atoms with Crippen LogP contribution in [-0.2, 0) is 11.4 Å². The normalized spacial score (nSPS) is 11.7. The van der Waals surface area contributed by atoms with Crippen LogP contribution in [0.5, 0.6) is 0 Å². The first-order valence-electron chi connectivity index (χ1n) is 6.27. The molecule has 118 valence electrons. The number of aromatic nitrogens is 1. The minimum Gasteiger partial charge on any atom is -0.294 e. The van der Waals surface area contributed by atoms with Crippen molar-refractivity contribution in [1.29, 1.82) is 0 Å². The lowest BCUT2D eigenvalue weighted by atomic mass is 10.1. The summed E-state index contributed by atoms with van der Waals surface area (Å²) in [4.78, 5) is 28.6. The van der Waals surface area contributed by atoms with Crippen LogP contribution in [0.4, 0.5) is 13.2 Å². The fraction of sp³-hybridized carbons (Fsp3) is 0.286. The van der Waals surface area contributed by atoms with Gasteiger partial charge in [-0.3, -0.25) is 19.0 Å². The van der Waals surface area contributed by atoms with Crippen molar-refractivity contribution in [3.63, 3.8) is 0 Å². The van der Waals surface area contributed by atoms with Crippen molar-refractivity contribution in [2.75, 3.05) is 7.11 Å². The number of alkyl halides is 3. The third-order valence-electron chi connectivity index (χ3n) is 3.03. The summed E-state index contributed by atoms with van der Waals surface area (Å²) in [5, 5.41) is 0.508. The van der Waals surface area contributed by atoms with Crippen LogP contribution in [0.2, 0.25) is 0 Å². The molecule has 2 aromatic rings. The first-order valence-corrected chi connectivity index (χ1v) is 6.27. The van der Waals surface area contributed by atoms with Gasteiger partial charge in [-0.2, -0.15) is 13.2 Å². The highest BCUT2D eigenvalue weighted by Gasteiger charge is 2.31. The highest BCUT2D eigenvalue weighted by Crippen LogP contribution is 2.20. The third-order valence-corrected chi connectivity index (χ3v) is 3.03. The number of halogens is 3. The number of carbonyl (C=O) groups is 1. The van der Waals surface area contributed by atoms with Crippen molar-refractivity contribution in [2.45, 2.75) is 19.6 Å². The molecule has 0 spiro atoms. The van der Waals surface area contributed by atoms with E-state index in [2.05, 4.69) is 4.84 Å². The van der Waals surface area contributed by atoms with E-state index in [0.29, 0.717) is 9.95 Å². The number of pyridine rings is 1. The molecule has 1 aromatic heterocycles. The first-order chi connectivity index (χ1) is 10.2. The Hall–Kier alpha value is -2.35. The van der Waals surface area contributed by atoms with E-state index in [4.69, 9.17) is 0 Å². The summed E-state index contributed by atoms with van der Waals surface area (Å²) < 4.78 is 38.5. The predicted octanol–water partition coefficient (Wildman–Crippen LogP) is 2.16. The van der Waals surface area contributed by atoms with Crippen molar-refractivity contribution in [3.8, 4) is 0 Å². The molecule has 0 atom stereocenters. The van der Waals surface area contributed by atoms with E-state index >= 15 is 0 Å². The second kappa shape index (κ2) is 5.80. The summed E-state index contributed by atoms with van der Waals surface area (Å²) >= 11 is 0. The van der Waals surface area contributed by atoms with Gasteiger partial charge in [0.15, 0.2) is 0 Å². The van der Waals surface area contributed by atoms with Crippen molar-refractivity contribution < 1.29 is 22.8 Å². The minimum atomic E-state index is -4.64. The molecule has 22 heavy (non-hydrogen) atoms. The SMILES string of the molecule is CONC(=O)c1cc2ccc(C)cc2c(=O)n1CC(F)(F)F. The highest BCUT2D eigenvalue weighted by atomic mass is 19.4. The monoisotopic (exact) mass is 314 g/mol. The molecular weight excluding hydrogens is 301 g/mol. The molecule has 8 heteroatoms. The highest BCUT2D eigenvalue weighted by molar-refractivity contribution is 5.96. The number of amides is 1. The van der Waals surface area contributed by atoms with Crippen molar-refractivity contribution >= 4 is 16.7 Å². The zero-order valence-corrected chi connectivity index (χ0v) is 11.8. The molecule has 1 N–H and O–H groups in total. The number of hydroxylamine groups is 1. The molecule has 0 radical (unpaired) electrons. The number of rotatable bonds is 3. The Morgan fingerprint density at radius 2 is 2.00 bits per heavy atom. The Kier molecular flexibility index (Phi) is 4.23. The Labute approximate surface area is 123 Å². The zero-order chi connectivity index (χ0) is 16.5. The predicted molar refractivity (Wildman–Crippen MR) is 73.5 cm³/mol. The maximum absolute atomic E-state index is 12.7. The summed E-state index contributed by atoms with van der Waals surface area (Å²) in [5.74, 6) is -0.925. The van der Waals surface area contributed by atoms with E-state index in [1.54, 1.807) is 19.1 Å². The number of hydrogen-bond acceptors (Lipinski definition) is 3. The minimum absolute atomic E-state index is 0.123. The molecule has 5 nitrogen and oxygen atoms in total. The second-order valence-corrected chi connectivity index (χ2v) is 4.76. The molecule has 0 aliphatic heterocycles. The zero-order valence-electron chi connectivity index (χ0n) is 11.8. The number of aryl methyl sites for hydroxylation is 1. The summed E-state index contributed by atoms with van der Waals surface area (Å²) in [5.41, 5.74) is 1.37. The van der Waals surface area contributed by atoms with Gasteiger partial charge in [-0.15, -0.1) is 0 Å². The number of fused-ring (bicyclic) bond motifs is 1. The van der Waals surface area contributed by atoms with Crippen LogP contribution in [0.25, 0.3) is 10.8 Å². The molecule has 0 saturated carbocycles. The fourth-order valence-corrected chi connectivity index (χ4v) is 2.13. The largest absolute Gasteiger partial charge is 0.406 e. The molecule has 0 saturated heterocycles. The van der Waals surface area contributed by atoms with E-state index in [1.165, 1.54) is 12.1 Å². The smallest absolute Gasteiger partial charge is 0.294 e. The van der Waals surface area contributed by atoms with E-state index in [9.17, 15) is 22.8 Å². The standard InChI is InChI=1S/C14H13F3N2O3/c1-8-3-4-9-6-11(12(20)18-22-2)19(7-14(15,16)17)13(21)10(9)5-8/h3-6H,7H2,1-2H3,(H,18,20). The lowest BCUT2D eigenvalue weighted by Gasteiger charge is -2.15. The number of carbonyl (C=O) groups excluding carboxylic acids is 1. The van der Waals surface area contributed by atoms with Crippen LogP contribution < -0.4 is 11.0 Å². The van der Waals surface area contributed by atoms with E-state index in [-0.39, 0.29) is 5.39 Å². The molecular formula is C14H13F3N2O3. The molecule has 0 unspecified atom stereocenters. The summed E-state index contributed by atoms with van der Waals surface area (Å²) in [6.45, 7) is 0.167. The second-order valence-electron chi connectivity index (χ2n) is 4.76. The molecule has 0 fully saturated rings. The van der Waals surface area contributed by atoms with Crippen LogP contribution in [0.1, 0.15) is 16.1 Å². The average molecular weight is 314 g/mol. The van der Waals surface area contributed by atoms with E-state index in [0.717, 1.165) is 12.7 Å². The van der Waals surface area contributed by atoms with Crippen LogP contribution in [0.3, 0.4) is 0 Å². The van der Waals surface area contributed by atoms with Crippen molar-refractivity contribution in [3.05, 3.63) is 45.9 Å². The molecule has 1 amide bonds. The fourth-order valence-electron chi connectivity index (χ4n) is 2.13. The molecule has 0 aliphatic carbocycles. The number of nitrogens with one attached hydrogen (secondary N) is 1. The summed E-state index contributed by atoms with van der Waals surface area (Å²) in [6, 6.07) is 6.00. The summed E-state index contributed by atoms with van der Waals surface area (Å²) in [7, 11) is 1.15. The Bertz CT molecular complexity index is 781. The van der Waals surface area contributed by atoms with E-state index in [1.807, 2.05) is 5.48 Å². The maximum atomic E-state index is 12.7. The van der Waals surface area contributed by atoms with Gasteiger partial charge >= 0.3 is 6.18 Å².